The topological polar surface area (TPSA) is 178 Å². The molecule has 3 heterocycles. The van der Waals surface area contributed by atoms with Crippen LogP contribution in [0.1, 0.15) is 57.1 Å². The molecule has 2 saturated carbocycles. The van der Waals surface area contributed by atoms with E-state index in [4.69, 9.17) is 32.8 Å². The Hall–Kier alpha value is -4.11. The maximum Gasteiger partial charge on any atom is 0.410 e. The van der Waals surface area contributed by atoms with E-state index in [1.807, 2.05) is 26.8 Å². The van der Waals surface area contributed by atoms with Gasteiger partial charge in [-0.2, -0.15) is 15.2 Å². The number of ether oxygens (including phenoxy) is 1. The molecule has 3 aromatic rings. The molecule has 1 aliphatic heterocycles. The number of carbonyl (C=O) groups excluding carboxylic acids is 1. The number of carbonyl (C=O) groups is 1. The Morgan fingerprint density at radius 2 is 1.90 bits per heavy atom. The van der Waals surface area contributed by atoms with Crippen molar-refractivity contribution >= 4 is 46.2 Å². The highest BCUT2D eigenvalue weighted by atomic mass is 35.5. The quantitative estimate of drug-likeness (QED) is 0.416. The van der Waals surface area contributed by atoms with Crippen molar-refractivity contribution in [3.8, 4) is 6.07 Å². The van der Waals surface area contributed by atoms with E-state index in [0.717, 1.165) is 12.8 Å². The molecule has 0 bridgehead atoms. The number of nitriles is 1. The Balaban J connectivity index is 1.41. The number of halogens is 1. The highest BCUT2D eigenvalue weighted by molar-refractivity contribution is 6.35. The molecule has 208 valence electrons. The van der Waals surface area contributed by atoms with Crippen LogP contribution in [0.25, 0.3) is 10.9 Å². The largest absolute Gasteiger partial charge is 0.444 e. The van der Waals surface area contributed by atoms with Gasteiger partial charge in [0.25, 0.3) is 5.56 Å². The first-order valence-electron chi connectivity index (χ1n) is 13.2. The molecular formula is C27H30ClN9O3. The highest BCUT2D eigenvalue weighted by Crippen LogP contribution is 2.56. The summed E-state index contributed by atoms with van der Waals surface area (Å²) in [6.07, 6.45) is 1.46. The molecule has 3 aliphatic rings. The monoisotopic (exact) mass is 563 g/mol. The molecule has 6 rings (SSSR count). The molecule has 5 N–H and O–H groups in total. The second-order valence-corrected chi connectivity index (χ2v) is 12.2. The van der Waals surface area contributed by atoms with Crippen LogP contribution in [0.3, 0.4) is 0 Å². The summed E-state index contributed by atoms with van der Waals surface area (Å²) in [5.74, 6) is 0.935. The number of nitrogen functional groups attached to an aromatic ring is 2. The number of likely N-dealkylation sites (tertiary alicyclic amines) is 1. The van der Waals surface area contributed by atoms with Gasteiger partial charge in [0.15, 0.2) is 5.82 Å². The van der Waals surface area contributed by atoms with Crippen molar-refractivity contribution in [2.75, 3.05) is 29.9 Å². The minimum Gasteiger partial charge on any atom is -0.444 e. The van der Waals surface area contributed by atoms with Gasteiger partial charge in [0, 0.05) is 31.0 Å². The number of nitrogens with two attached hydrogens (primary N) is 2. The number of nitrogens with one attached hydrogen (secondary N) is 1. The first-order valence-corrected chi connectivity index (χ1v) is 13.6. The van der Waals surface area contributed by atoms with Crippen LogP contribution in [-0.4, -0.2) is 49.2 Å². The number of hydrogen-bond donors (Lipinski definition) is 3. The summed E-state index contributed by atoms with van der Waals surface area (Å²) < 4.78 is 7.30. The van der Waals surface area contributed by atoms with Gasteiger partial charge in [0.2, 0.25) is 5.95 Å². The van der Waals surface area contributed by atoms with E-state index in [0.29, 0.717) is 34.8 Å². The molecule has 4 atom stereocenters. The molecule has 1 amide bonds. The second kappa shape index (κ2) is 9.23. The van der Waals surface area contributed by atoms with E-state index in [1.54, 1.807) is 27.7 Å². The van der Waals surface area contributed by atoms with Crippen LogP contribution in [0, 0.1) is 29.1 Å². The maximum absolute atomic E-state index is 14.1. The molecule has 1 saturated heterocycles. The van der Waals surface area contributed by atoms with Crippen LogP contribution >= 0.6 is 11.6 Å². The lowest BCUT2D eigenvalue weighted by Crippen LogP contribution is -2.38. The summed E-state index contributed by atoms with van der Waals surface area (Å²) in [6.45, 7) is 6.47. The molecular weight excluding hydrogens is 534 g/mol. The zero-order valence-corrected chi connectivity index (χ0v) is 23.1. The van der Waals surface area contributed by atoms with E-state index >= 15 is 0 Å². The Kier molecular flexibility index (Phi) is 6.03. The van der Waals surface area contributed by atoms with Crippen LogP contribution in [-0.2, 0) is 4.74 Å². The number of benzene rings is 1. The fraction of sp³-hybridized carbons (Fsp3) is 0.481. The fourth-order valence-corrected chi connectivity index (χ4v) is 6.01. The predicted molar refractivity (Wildman–Crippen MR) is 149 cm³/mol. The lowest BCUT2D eigenvalue weighted by atomic mass is 10.1. The number of amides is 1. The van der Waals surface area contributed by atoms with E-state index in [1.165, 1.54) is 0 Å². The van der Waals surface area contributed by atoms with E-state index < -0.39 is 11.6 Å². The molecule has 2 aliphatic carbocycles. The zero-order valence-electron chi connectivity index (χ0n) is 22.4. The van der Waals surface area contributed by atoms with E-state index in [-0.39, 0.29) is 58.6 Å². The van der Waals surface area contributed by atoms with Crippen LogP contribution in [0.4, 0.5) is 22.4 Å². The van der Waals surface area contributed by atoms with Crippen LogP contribution in [0.2, 0.25) is 5.02 Å². The molecule has 40 heavy (non-hydrogen) atoms. The van der Waals surface area contributed by atoms with Crippen molar-refractivity contribution in [1.29, 1.82) is 5.26 Å². The third-order valence-electron chi connectivity index (χ3n) is 7.73. The summed E-state index contributed by atoms with van der Waals surface area (Å²) >= 11 is 6.50. The molecule has 13 heteroatoms. The lowest BCUT2D eigenvalue weighted by Gasteiger charge is -2.27. The molecule has 0 spiro atoms. The average Bonchev–Trinajstić information content (AvgIpc) is 3.77. The third kappa shape index (κ3) is 4.54. The first-order chi connectivity index (χ1) is 19.0. The normalized spacial score (nSPS) is 22.5. The number of anilines is 3. The molecule has 12 nitrogen and oxygen atoms in total. The van der Waals surface area contributed by atoms with Crippen LogP contribution in [0.5, 0.6) is 0 Å². The van der Waals surface area contributed by atoms with Gasteiger partial charge in [0.05, 0.1) is 22.0 Å². The molecule has 3 fully saturated rings. The van der Waals surface area contributed by atoms with Crippen LogP contribution < -0.4 is 22.3 Å². The Morgan fingerprint density at radius 3 is 2.52 bits per heavy atom. The van der Waals surface area contributed by atoms with Crippen molar-refractivity contribution < 1.29 is 9.53 Å². The molecule has 2 aromatic heterocycles. The number of aromatic nitrogens is 4. The minimum absolute atomic E-state index is 0.0263. The smallest absolute Gasteiger partial charge is 0.410 e. The molecule has 0 radical (unpaired) electrons. The Morgan fingerprint density at radius 1 is 1.20 bits per heavy atom. The van der Waals surface area contributed by atoms with Gasteiger partial charge in [-0.1, -0.05) is 17.7 Å². The summed E-state index contributed by atoms with van der Waals surface area (Å²) in [5, 5.41) is 13.7. The van der Waals surface area contributed by atoms with E-state index in [2.05, 4.69) is 15.3 Å². The van der Waals surface area contributed by atoms with Crippen molar-refractivity contribution in [3.63, 3.8) is 0 Å². The summed E-state index contributed by atoms with van der Waals surface area (Å²) in [4.78, 5) is 41.6. The molecule has 1 aromatic carbocycles. The Bertz CT molecular complexity index is 1630. The summed E-state index contributed by atoms with van der Waals surface area (Å²) in [6, 6.07) is 6.64. The second-order valence-electron chi connectivity index (χ2n) is 11.7. The number of piperidine rings is 1. The van der Waals surface area contributed by atoms with Gasteiger partial charge in [-0.3, -0.25) is 9.36 Å². The Labute approximate surface area is 235 Å². The maximum atomic E-state index is 14.1. The van der Waals surface area contributed by atoms with Crippen molar-refractivity contribution in [2.24, 2.45) is 17.8 Å². The fourth-order valence-electron chi connectivity index (χ4n) is 5.76. The van der Waals surface area contributed by atoms with Crippen molar-refractivity contribution in [2.45, 2.75) is 51.3 Å². The van der Waals surface area contributed by atoms with Gasteiger partial charge in [-0.15, -0.1) is 0 Å². The average molecular weight is 564 g/mol. The first kappa shape index (κ1) is 26.1. The van der Waals surface area contributed by atoms with E-state index in [9.17, 15) is 14.9 Å². The van der Waals surface area contributed by atoms with Gasteiger partial charge >= 0.3 is 6.09 Å². The number of fused-ring (bicyclic) bond motifs is 2. The summed E-state index contributed by atoms with van der Waals surface area (Å²) in [5.41, 5.74) is 11.5. The summed E-state index contributed by atoms with van der Waals surface area (Å²) in [7, 11) is 0. The van der Waals surface area contributed by atoms with Gasteiger partial charge in [0.1, 0.15) is 28.9 Å². The highest BCUT2D eigenvalue weighted by Gasteiger charge is 2.60. The minimum atomic E-state index is -0.592. The van der Waals surface area contributed by atoms with Gasteiger partial charge in [-0.25, -0.2) is 9.78 Å². The number of hydrogen-bond acceptors (Lipinski definition) is 10. The van der Waals surface area contributed by atoms with Crippen molar-refractivity contribution in [3.05, 3.63) is 45.0 Å². The molecule has 1 unspecified atom stereocenters. The lowest BCUT2D eigenvalue weighted by molar-refractivity contribution is 0.0266. The number of nitrogens with zero attached hydrogens (tertiary/aromatic N) is 6. The van der Waals surface area contributed by atoms with Crippen molar-refractivity contribution in [1.82, 2.24) is 24.4 Å². The standard InChI is InChI=1S/C27H30ClN9O3/c1-27(2,3)40-26(39)36-10-14-15(11-36)20(14)37-23(32-17-6-4-5-16(28)18(17)24(37)38)19(12-7-8-12)33-22-13(9-29)21(30)34-25(31)35-22/h4-6,12,14-15,19-20H,7-8,10-11H2,1-3H3,(H5,30,31,33,34,35)/t14-,15+,19-,20?/m0/s1. The third-order valence-corrected chi connectivity index (χ3v) is 8.05. The zero-order chi connectivity index (χ0) is 28.5. The number of rotatable bonds is 5. The predicted octanol–water partition coefficient (Wildman–Crippen LogP) is 3.48. The van der Waals surface area contributed by atoms with Gasteiger partial charge in [-0.05, 0) is 51.7 Å². The van der Waals surface area contributed by atoms with Crippen LogP contribution in [0.15, 0.2) is 23.0 Å². The SMILES string of the molecule is CC(C)(C)OC(=O)N1C[C@@H]2C(n3c([C@@H](Nc4nc(N)nc(N)c4C#N)C4CC4)nc4cccc(Cl)c4c3=O)[C@@H]2C1. The van der Waals surface area contributed by atoms with Gasteiger partial charge < -0.3 is 26.4 Å².